The van der Waals surface area contributed by atoms with Crippen molar-refractivity contribution in [3.63, 3.8) is 0 Å². The van der Waals surface area contributed by atoms with Crippen LogP contribution in [0.1, 0.15) is 57.8 Å². The Morgan fingerprint density at radius 1 is 0.939 bits per heavy atom. The summed E-state index contributed by atoms with van der Waals surface area (Å²) in [6, 6.07) is 8.86. The molecule has 7 heteroatoms. The molecule has 0 spiro atoms. The number of hydrogen-bond acceptors (Lipinski definition) is 7. The number of anilines is 2. The van der Waals surface area contributed by atoms with Crippen molar-refractivity contribution >= 4 is 22.2 Å². The predicted molar refractivity (Wildman–Crippen MR) is 135 cm³/mol. The van der Waals surface area contributed by atoms with Crippen LogP contribution in [0.15, 0.2) is 24.3 Å². The molecule has 2 aromatic rings. The van der Waals surface area contributed by atoms with Gasteiger partial charge in [0, 0.05) is 51.1 Å². The van der Waals surface area contributed by atoms with Gasteiger partial charge in [0.05, 0.1) is 5.60 Å². The lowest BCUT2D eigenvalue weighted by atomic mass is 9.72. The van der Waals surface area contributed by atoms with Crippen LogP contribution in [-0.4, -0.2) is 60.8 Å². The lowest BCUT2D eigenvalue weighted by molar-refractivity contribution is -0.0856. The minimum atomic E-state index is 0.0888. The SMILES string of the molecule is COC1(C2CCCCC2)CCN(c2ccc(-c3nnc(N4CCC(CO)CC4)s3)cc2)CC1. The first-order chi connectivity index (χ1) is 16.2. The Morgan fingerprint density at radius 2 is 1.64 bits per heavy atom. The molecule has 0 bridgehead atoms. The Balaban J connectivity index is 1.20. The van der Waals surface area contributed by atoms with Crippen LogP contribution < -0.4 is 9.80 Å². The van der Waals surface area contributed by atoms with E-state index in [-0.39, 0.29) is 5.60 Å². The van der Waals surface area contributed by atoms with Crippen LogP contribution in [-0.2, 0) is 4.74 Å². The first kappa shape index (κ1) is 23.1. The lowest BCUT2D eigenvalue weighted by Crippen LogP contribution is -2.50. The molecule has 2 aliphatic heterocycles. The van der Waals surface area contributed by atoms with Crippen molar-refractivity contribution in [2.75, 3.05) is 49.7 Å². The number of aromatic nitrogens is 2. The molecule has 1 aliphatic carbocycles. The predicted octanol–water partition coefficient (Wildman–Crippen LogP) is 4.98. The van der Waals surface area contributed by atoms with Gasteiger partial charge in [0.2, 0.25) is 5.13 Å². The molecule has 3 heterocycles. The van der Waals surface area contributed by atoms with Gasteiger partial charge in [0.15, 0.2) is 0 Å². The molecule has 1 N–H and O–H groups in total. The molecule has 180 valence electrons. The summed E-state index contributed by atoms with van der Waals surface area (Å²) in [7, 11) is 1.93. The highest BCUT2D eigenvalue weighted by molar-refractivity contribution is 7.18. The van der Waals surface area contributed by atoms with E-state index in [1.807, 2.05) is 7.11 Å². The van der Waals surface area contributed by atoms with E-state index in [1.54, 1.807) is 11.3 Å². The first-order valence-corrected chi connectivity index (χ1v) is 13.6. The van der Waals surface area contributed by atoms with Crippen LogP contribution in [0.5, 0.6) is 0 Å². The van der Waals surface area contributed by atoms with Gasteiger partial charge in [-0.15, -0.1) is 10.2 Å². The Hall–Kier alpha value is -1.70. The second kappa shape index (κ2) is 10.3. The van der Waals surface area contributed by atoms with Gasteiger partial charge in [-0.05, 0) is 74.6 Å². The molecule has 5 rings (SSSR count). The number of piperidine rings is 2. The van der Waals surface area contributed by atoms with E-state index in [1.165, 1.54) is 37.8 Å². The maximum Gasteiger partial charge on any atom is 0.208 e. The number of hydrogen-bond donors (Lipinski definition) is 1. The Bertz CT molecular complexity index is 880. The topological polar surface area (TPSA) is 61.7 Å². The van der Waals surface area contributed by atoms with Crippen molar-refractivity contribution < 1.29 is 9.84 Å². The molecule has 0 atom stereocenters. The molecule has 1 aromatic carbocycles. The van der Waals surface area contributed by atoms with Crippen molar-refractivity contribution in [3.8, 4) is 10.6 Å². The largest absolute Gasteiger partial charge is 0.396 e. The Morgan fingerprint density at radius 3 is 2.27 bits per heavy atom. The highest BCUT2D eigenvalue weighted by Gasteiger charge is 2.42. The zero-order valence-electron chi connectivity index (χ0n) is 19.9. The summed E-state index contributed by atoms with van der Waals surface area (Å²) in [6.07, 6.45) is 11.1. The van der Waals surface area contributed by atoms with E-state index < -0.39 is 0 Å². The molecule has 6 nitrogen and oxygen atoms in total. The van der Waals surface area contributed by atoms with Crippen LogP contribution in [0, 0.1) is 11.8 Å². The summed E-state index contributed by atoms with van der Waals surface area (Å²) in [6.45, 7) is 4.34. The molecule has 2 saturated heterocycles. The molecular weight excluding hydrogens is 432 g/mol. The third-order valence-corrected chi connectivity index (χ3v) is 9.44. The average Bonchev–Trinajstić information content (AvgIpc) is 3.40. The highest BCUT2D eigenvalue weighted by Crippen LogP contribution is 2.42. The van der Waals surface area contributed by atoms with Gasteiger partial charge < -0.3 is 19.6 Å². The molecular formula is C26H38N4O2S. The van der Waals surface area contributed by atoms with E-state index in [0.29, 0.717) is 12.5 Å². The summed E-state index contributed by atoms with van der Waals surface area (Å²) in [5.74, 6) is 1.18. The Kier molecular flexibility index (Phi) is 7.18. The third kappa shape index (κ3) is 4.91. The van der Waals surface area contributed by atoms with Crippen molar-refractivity contribution in [2.24, 2.45) is 11.8 Å². The monoisotopic (exact) mass is 470 g/mol. The summed E-state index contributed by atoms with van der Waals surface area (Å²) >= 11 is 1.67. The van der Waals surface area contributed by atoms with Crippen LogP contribution in [0.25, 0.3) is 10.6 Å². The first-order valence-electron chi connectivity index (χ1n) is 12.8. The van der Waals surface area contributed by atoms with Crippen molar-refractivity contribution in [1.29, 1.82) is 0 Å². The van der Waals surface area contributed by atoms with E-state index >= 15 is 0 Å². The summed E-state index contributed by atoms with van der Waals surface area (Å²) in [4.78, 5) is 4.82. The number of nitrogens with zero attached hydrogens (tertiary/aromatic N) is 4. The summed E-state index contributed by atoms with van der Waals surface area (Å²) in [5.41, 5.74) is 2.52. The zero-order valence-corrected chi connectivity index (χ0v) is 20.7. The number of rotatable bonds is 6. The van der Waals surface area contributed by atoms with Gasteiger partial charge in [-0.25, -0.2) is 0 Å². The van der Waals surface area contributed by atoms with E-state index in [0.717, 1.165) is 73.5 Å². The zero-order chi connectivity index (χ0) is 22.7. The molecule has 1 saturated carbocycles. The number of aliphatic hydroxyl groups excluding tert-OH is 1. The smallest absolute Gasteiger partial charge is 0.208 e. The fourth-order valence-electron chi connectivity index (χ4n) is 6.13. The summed E-state index contributed by atoms with van der Waals surface area (Å²) in [5, 5.41) is 20.3. The number of methoxy groups -OCH3 is 1. The van der Waals surface area contributed by atoms with Gasteiger partial charge in [-0.1, -0.05) is 30.6 Å². The van der Waals surface area contributed by atoms with Gasteiger partial charge >= 0.3 is 0 Å². The highest BCUT2D eigenvalue weighted by atomic mass is 32.1. The molecule has 0 unspecified atom stereocenters. The minimum Gasteiger partial charge on any atom is -0.396 e. The van der Waals surface area contributed by atoms with Gasteiger partial charge in [-0.3, -0.25) is 0 Å². The van der Waals surface area contributed by atoms with Crippen LogP contribution in [0.2, 0.25) is 0 Å². The van der Waals surface area contributed by atoms with E-state index in [2.05, 4.69) is 44.3 Å². The second-order valence-electron chi connectivity index (χ2n) is 10.1. The van der Waals surface area contributed by atoms with Crippen LogP contribution in [0.3, 0.4) is 0 Å². The number of ether oxygens (including phenoxy) is 1. The molecule has 0 amide bonds. The molecule has 3 aliphatic rings. The molecule has 3 fully saturated rings. The lowest BCUT2D eigenvalue weighted by Gasteiger charge is -2.47. The second-order valence-corrected chi connectivity index (χ2v) is 11.1. The average molecular weight is 471 g/mol. The van der Waals surface area contributed by atoms with Gasteiger partial charge in [0.1, 0.15) is 5.01 Å². The third-order valence-electron chi connectivity index (χ3n) is 8.40. The van der Waals surface area contributed by atoms with Crippen molar-refractivity contribution in [1.82, 2.24) is 10.2 Å². The molecule has 0 radical (unpaired) electrons. The van der Waals surface area contributed by atoms with E-state index in [4.69, 9.17) is 4.74 Å². The van der Waals surface area contributed by atoms with Crippen molar-refractivity contribution in [3.05, 3.63) is 24.3 Å². The standard InChI is InChI=1S/C26H38N4O2S/c1-32-26(22-5-3-2-4-6-22)13-17-29(18-14-26)23-9-7-21(8-10-23)24-27-28-25(33-24)30-15-11-20(19-31)12-16-30/h7-10,20,22,31H,2-6,11-19H2,1H3. The van der Waals surface area contributed by atoms with Crippen molar-refractivity contribution in [2.45, 2.75) is 63.4 Å². The van der Waals surface area contributed by atoms with Gasteiger partial charge in [0.25, 0.3) is 0 Å². The van der Waals surface area contributed by atoms with Crippen LogP contribution >= 0.6 is 11.3 Å². The van der Waals surface area contributed by atoms with Gasteiger partial charge in [-0.2, -0.15) is 0 Å². The van der Waals surface area contributed by atoms with E-state index in [9.17, 15) is 5.11 Å². The fourth-order valence-corrected chi connectivity index (χ4v) is 7.03. The van der Waals surface area contributed by atoms with Crippen LogP contribution in [0.4, 0.5) is 10.8 Å². The molecule has 1 aromatic heterocycles. The quantitative estimate of drug-likeness (QED) is 0.643. The number of aliphatic hydroxyl groups is 1. The minimum absolute atomic E-state index is 0.0888. The normalized spacial score (nSPS) is 22.6. The Labute approximate surface area is 202 Å². The maximum atomic E-state index is 9.36. The molecule has 33 heavy (non-hydrogen) atoms. The fraction of sp³-hybridized carbons (Fsp3) is 0.692. The summed E-state index contributed by atoms with van der Waals surface area (Å²) < 4.78 is 6.19. The maximum absolute atomic E-state index is 9.36. The number of benzene rings is 1.